The molecule has 0 saturated heterocycles. The van der Waals surface area contributed by atoms with E-state index in [9.17, 15) is 9.59 Å². The Balaban J connectivity index is 2.27. The Morgan fingerprint density at radius 1 is 1.16 bits per heavy atom. The maximum Gasteiger partial charge on any atom is 0.308 e. The monoisotopic (exact) mass is 349 g/mol. The zero-order valence-corrected chi connectivity index (χ0v) is 15.2. The van der Waals surface area contributed by atoms with Gasteiger partial charge in [-0.3, -0.25) is 14.5 Å². The number of para-hydroxylation sites is 1. The van der Waals surface area contributed by atoms with Gasteiger partial charge in [0.1, 0.15) is 5.75 Å². The molecular weight excluding hydrogens is 322 g/mol. The van der Waals surface area contributed by atoms with E-state index in [2.05, 4.69) is 4.90 Å². The van der Waals surface area contributed by atoms with Gasteiger partial charge < -0.3 is 14.2 Å². The van der Waals surface area contributed by atoms with Crippen LogP contribution in [-0.2, 0) is 24.6 Å². The fourth-order valence-corrected chi connectivity index (χ4v) is 3.31. The van der Waals surface area contributed by atoms with E-state index in [1.54, 1.807) is 13.8 Å². The average molecular weight is 349 g/mol. The van der Waals surface area contributed by atoms with Crippen molar-refractivity contribution in [2.24, 2.45) is 0 Å². The Labute approximate surface area is 149 Å². The third kappa shape index (κ3) is 4.51. The molecule has 0 bridgehead atoms. The first-order valence-electron chi connectivity index (χ1n) is 8.78. The first-order valence-corrected chi connectivity index (χ1v) is 8.78. The van der Waals surface area contributed by atoms with E-state index in [0.717, 1.165) is 11.3 Å². The van der Waals surface area contributed by atoms with Crippen LogP contribution in [0.25, 0.3) is 0 Å². The summed E-state index contributed by atoms with van der Waals surface area (Å²) < 4.78 is 16.0. The Bertz CT molecular complexity index is 603. The zero-order valence-electron chi connectivity index (χ0n) is 15.2. The van der Waals surface area contributed by atoms with Crippen molar-refractivity contribution in [1.82, 2.24) is 4.90 Å². The lowest BCUT2D eigenvalue weighted by Crippen LogP contribution is -2.49. The molecule has 0 saturated carbocycles. The first-order chi connectivity index (χ1) is 12.0. The van der Waals surface area contributed by atoms with Crippen molar-refractivity contribution in [2.45, 2.75) is 38.6 Å². The van der Waals surface area contributed by atoms with Crippen LogP contribution >= 0.6 is 0 Å². The summed E-state index contributed by atoms with van der Waals surface area (Å²) in [6, 6.07) is 7.74. The van der Waals surface area contributed by atoms with Crippen LogP contribution < -0.4 is 4.74 Å². The van der Waals surface area contributed by atoms with Gasteiger partial charge in [-0.05, 0) is 27.0 Å². The molecule has 25 heavy (non-hydrogen) atoms. The maximum absolute atomic E-state index is 12.3. The molecule has 0 amide bonds. The normalized spacial score (nSPS) is 19.0. The van der Waals surface area contributed by atoms with Crippen LogP contribution in [0.15, 0.2) is 24.3 Å². The molecule has 1 heterocycles. The molecule has 0 N–H and O–H groups in total. The summed E-state index contributed by atoms with van der Waals surface area (Å²) in [5.41, 5.74) is 0.411. The van der Waals surface area contributed by atoms with Gasteiger partial charge in [-0.15, -0.1) is 0 Å². The number of benzene rings is 1. The zero-order chi connectivity index (χ0) is 18.3. The van der Waals surface area contributed by atoms with E-state index in [1.165, 1.54) is 0 Å². The summed E-state index contributed by atoms with van der Waals surface area (Å²) in [4.78, 5) is 26.1. The van der Waals surface area contributed by atoms with Gasteiger partial charge in [0.2, 0.25) is 0 Å². The molecule has 6 heteroatoms. The largest absolute Gasteiger partial charge is 0.493 e. The summed E-state index contributed by atoms with van der Waals surface area (Å²) in [5.74, 6) is 0.296. The molecule has 0 fully saturated rings. The Hall–Kier alpha value is -2.08. The summed E-state index contributed by atoms with van der Waals surface area (Å²) in [7, 11) is 1.93. The second kappa shape index (κ2) is 8.85. The van der Waals surface area contributed by atoms with Gasteiger partial charge in [-0.2, -0.15) is 0 Å². The summed E-state index contributed by atoms with van der Waals surface area (Å²) in [6.45, 7) is 5.31. The maximum atomic E-state index is 12.3. The van der Waals surface area contributed by atoms with Gasteiger partial charge in [-0.1, -0.05) is 18.2 Å². The van der Waals surface area contributed by atoms with Crippen molar-refractivity contribution in [2.75, 3.05) is 33.4 Å². The number of rotatable bonds is 8. The molecular formula is C19H27NO5. The Kier molecular flexibility index (Phi) is 6.82. The second-order valence-corrected chi connectivity index (χ2v) is 6.08. The Morgan fingerprint density at radius 3 is 2.56 bits per heavy atom. The van der Waals surface area contributed by atoms with Gasteiger partial charge in [0, 0.05) is 18.5 Å². The molecule has 1 aromatic rings. The third-order valence-electron chi connectivity index (χ3n) is 4.59. The molecule has 1 aliphatic rings. The average Bonchev–Trinajstić information content (AvgIpc) is 2.60. The lowest BCUT2D eigenvalue weighted by Gasteiger charge is -2.45. The van der Waals surface area contributed by atoms with Gasteiger partial charge in [0.25, 0.3) is 0 Å². The number of nitrogens with zero attached hydrogens (tertiary/aromatic N) is 1. The summed E-state index contributed by atoms with van der Waals surface area (Å²) >= 11 is 0. The molecule has 1 atom stereocenters. The van der Waals surface area contributed by atoms with E-state index in [-0.39, 0.29) is 24.8 Å². The van der Waals surface area contributed by atoms with Crippen LogP contribution in [0.2, 0.25) is 0 Å². The Morgan fingerprint density at radius 2 is 1.84 bits per heavy atom. The lowest BCUT2D eigenvalue weighted by molar-refractivity contribution is -0.147. The minimum Gasteiger partial charge on any atom is -0.493 e. The van der Waals surface area contributed by atoms with Crippen molar-refractivity contribution in [3.05, 3.63) is 29.8 Å². The third-order valence-corrected chi connectivity index (χ3v) is 4.59. The number of fused-ring (bicyclic) bond motifs is 1. The van der Waals surface area contributed by atoms with Crippen molar-refractivity contribution in [1.29, 1.82) is 0 Å². The number of ether oxygens (including phenoxy) is 3. The molecule has 1 aromatic carbocycles. The standard InChI is InChI=1S/C19H27NO5/c1-4-23-17(21)10-12-20(3)19(14-18(22)24-5-2)11-13-25-16-9-7-6-8-15(16)19/h6-9H,4-5,10-14H2,1-3H3. The van der Waals surface area contributed by atoms with Crippen LogP contribution in [0.5, 0.6) is 5.75 Å². The molecule has 0 radical (unpaired) electrons. The highest BCUT2D eigenvalue weighted by molar-refractivity contribution is 5.72. The lowest BCUT2D eigenvalue weighted by atomic mass is 9.80. The summed E-state index contributed by atoms with van der Waals surface area (Å²) in [5, 5.41) is 0. The highest BCUT2D eigenvalue weighted by Gasteiger charge is 2.43. The molecule has 1 aliphatic heterocycles. The highest BCUT2D eigenvalue weighted by Crippen LogP contribution is 2.43. The number of esters is 2. The van der Waals surface area contributed by atoms with Crippen LogP contribution in [0.3, 0.4) is 0 Å². The van der Waals surface area contributed by atoms with E-state index >= 15 is 0 Å². The smallest absolute Gasteiger partial charge is 0.308 e. The second-order valence-electron chi connectivity index (χ2n) is 6.08. The fourth-order valence-electron chi connectivity index (χ4n) is 3.31. The van der Waals surface area contributed by atoms with E-state index in [0.29, 0.717) is 32.8 Å². The SMILES string of the molecule is CCOC(=O)CCN(C)C1(CC(=O)OCC)CCOc2ccccc21. The van der Waals surface area contributed by atoms with E-state index < -0.39 is 5.54 Å². The molecule has 2 rings (SSSR count). The molecule has 138 valence electrons. The predicted molar refractivity (Wildman–Crippen MR) is 93.4 cm³/mol. The molecule has 0 spiro atoms. The van der Waals surface area contributed by atoms with Crippen LogP contribution in [0.1, 0.15) is 38.7 Å². The number of carbonyl (C=O) groups excluding carboxylic acids is 2. The first kappa shape index (κ1) is 19.2. The number of carbonyl (C=O) groups is 2. The molecule has 6 nitrogen and oxygen atoms in total. The van der Waals surface area contributed by atoms with Gasteiger partial charge in [0.05, 0.1) is 38.2 Å². The van der Waals surface area contributed by atoms with Crippen molar-refractivity contribution in [3.8, 4) is 5.75 Å². The van der Waals surface area contributed by atoms with Gasteiger partial charge in [-0.25, -0.2) is 0 Å². The van der Waals surface area contributed by atoms with Crippen molar-refractivity contribution in [3.63, 3.8) is 0 Å². The van der Waals surface area contributed by atoms with Crippen LogP contribution in [-0.4, -0.2) is 50.3 Å². The number of hydrogen-bond donors (Lipinski definition) is 0. The number of hydrogen-bond acceptors (Lipinski definition) is 6. The molecule has 0 aromatic heterocycles. The predicted octanol–water partition coefficient (Wildman–Crippen LogP) is 2.50. The van der Waals surface area contributed by atoms with E-state index in [4.69, 9.17) is 14.2 Å². The molecule has 1 unspecified atom stereocenters. The van der Waals surface area contributed by atoms with Crippen molar-refractivity contribution < 1.29 is 23.8 Å². The highest BCUT2D eigenvalue weighted by atomic mass is 16.5. The molecule has 0 aliphatic carbocycles. The minimum atomic E-state index is -0.548. The summed E-state index contributed by atoms with van der Waals surface area (Å²) in [6.07, 6.45) is 1.15. The van der Waals surface area contributed by atoms with Crippen LogP contribution in [0.4, 0.5) is 0 Å². The van der Waals surface area contributed by atoms with Crippen LogP contribution in [0, 0.1) is 0 Å². The quantitative estimate of drug-likeness (QED) is 0.672. The van der Waals surface area contributed by atoms with Gasteiger partial charge in [0.15, 0.2) is 0 Å². The van der Waals surface area contributed by atoms with E-state index in [1.807, 2.05) is 31.3 Å². The van der Waals surface area contributed by atoms with Gasteiger partial charge >= 0.3 is 11.9 Å². The minimum absolute atomic E-state index is 0.223. The topological polar surface area (TPSA) is 65.1 Å². The van der Waals surface area contributed by atoms with Crippen molar-refractivity contribution >= 4 is 11.9 Å². The fraction of sp³-hybridized carbons (Fsp3) is 0.579.